The number of thiazole rings is 1. The van der Waals surface area contributed by atoms with Crippen molar-refractivity contribution in [2.24, 2.45) is 0 Å². The molecule has 2 aromatic carbocycles. The first kappa shape index (κ1) is 17.2. The molecule has 0 aliphatic rings. The number of ether oxygens (including phenoxy) is 1. The fourth-order valence-electron chi connectivity index (χ4n) is 2.40. The van der Waals surface area contributed by atoms with Crippen molar-refractivity contribution in [2.75, 3.05) is 5.32 Å². The maximum Gasteiger partial charge on any atom is 0.267 e. The van der Waals surface area contributed by atoms with Gasteiger partial charge in [-0.15, -0.1) is 11.3 Å². The standard InChI is InChI=1S/C20H20N2O2S/c1-13-7-9-16(10-8-13)22-20(23)19-15(3)21-18(25-19)12-24-17-6-4-5-14(2)11-17/h4-11H,12H2,1-3H3,(H,22,23). The normalized spacial score (nSPS) is 10.5. The van der Waals surface area contributed by atoms with Gasteiger partial charge in [-0.25, -0.2) is 4.98 Å². The van der Waals surface area contributed by atoms with Crippen molar-refractivity contribution in [3.8, 4) is 5.75 Å². The average molecular weight is 352 g/mol. The molecule has 1 amide bonds. The van der Waals surface area contributed by atoms with Crippen molar-refractivity contribution in [3.63, 3.8) is 0 Å². The van der Waals surface area contributed by atoms with Crippen LogP contribution in [0.1, 0.15) is 31.5 Å². The lowest BCUT2D eigenvalue weighted by Gasteiger charge is -2.04. The second kappa shape index (κ2) is 7.49. The lowest BCUT2D eigenvalue weighted by molar-refractivity contribution is 0.103. The molecule has 0 unspecified atom stereocenters. The van der Waals surface area contributed by atoms with E-state index in [0.717, 1.165) is 33.3 Å². The molecule has 3 rings (SSSR count). The van der Waals surface area contributed by atoms with Crippen LogP contribution in [0.15, 0.2) is 48.5 Å². The van der Waals surface area contributed by atoms with E-state index in [1.54, 1.807) is 0 Å². The molecule has 0 saturated carbocycles. The molecule has 128 valence electrons. The SMILES string of the molecule is Cc1ccc(NC(=O)c2sc(COc3cccc(C)c3)nc2C)cc1. The molecule has 0 fully saturated rings. The second-order valence-corrected chi connectivity index (χ2v) is 7.03. The zero-order chi connectivity index (χ0) is 17.8. The van der Waals surface area contributed by atoms with Gasteiger partial charge in [0.15, 0.2) is 0 Å². The Balaban J connectivity index is 1.67. The largest absolute Gasteiger partial charge is 0.486 e. The number of carbonyl (C=O) groups is 1. The molecule has 3 aromatic rings. The average Bonchev–Trinajstić information content (AvgIpc) is 2.96. The summed E-state index contributed by atoms with van der Waals surface area (Å²) in [5.41, 5.74) is 3.80. The van der Waals surface area contributed by atoms with E-state index in [-0.39, 0.29) is 5.91 Å². The third-order valence-electron chi connectivity index (χ3n) is 3.71. The summed E-state index contributed by atoms with van der Waals surface area (Å²) in [7, 11) is 0. The number of carbonyl (C=O) groups excluding carboxylic acids is 1. The Kier molecular flexibility index (Phi) is 5.14. The number of amides is 1. The first-order valence-corrected chi connectivity index (χ1v) is 8.87. The number of benzene rings is 2. The van der Waals surface area contributed by atoms with Gasteiger partial charge in [-0.2, -0.15) is 0 Å². The Morgan fingerprint density at radius 2 is 1.84 bits per heavy atom. The van der Waals surface area contributed by atoms with Crippen LogP contribution in [0.3, 0.4) is 0 Å². The maximum absolute atomic E-state index is 12.5. The minimum absolute atomic E-state index is 0.138. The van der Waals surface area contributed by atoms with E-state index in [0.29, 0.717) is 11.5 Å². The van der Waals surface area contributed by atoms with Gasteiger partial charge in [-0.3, -0.25) is 4.79 Å². The number of rotatable bonds is 5. The van der Waals surface area contributed by atoms with E-state index in [9.17, 15) is 4.79 Å². The van der Waals surface area contributed by atoms with Crippen molar-refractivity contribution in [1.82, 2.24) is 4.98 Å². The summed E-state index contributed by atoms with van der Waals surface area (Å²) in [6.45, 7) is 6.23. The fraction of sp³-hybridized carbons (Fsp3) is 0.200. The van der Waals surface area contributed by atoms with Gasteiger partial charge >= 0.3 is 0 Å². The number of nitrogens with zero attached hydrogens (tertiary/aromatic N) is 1. The van der Waals surface area contributed by atoms with Gasteiger partial charge in [0.05, 0.1) is 5.69 Å². The zero-order valence-electron chi connectivity index (χ0n) is 14.5. The molecule has 1 heterocycles. The van der Waals surface area contributed by atoms with E-state index in [4.69, 9.17) is 4.74 Å². The Hall–Kier alpha value is -2.66. The van der Waals surface area contributed by atoms with Gasteiger partial charge in [0.2, 0.25) is 0 Å². The highest BCUT2D eigenvalue weighted by Crippen LogP contribution is 2.22. The molecule has 25 heavy (non-hydrogen) atoms. The maximum atomic E-state index is 12.5. The summed E-state index contributed by atoms with van der Waals surface area (Å²) >= 11 is 1.37. The van der Waals surface area contributed by atoms with Crippen LogP contribution in [-0.2, 0) is 6.61 Å². The van der Waals surface area contributed by atoms with Crippen molar-refractivity contribution in [3.05, 3.63) is 75.2 Å². The van der Waals surface area contributed by atoms with Crippen LogP contribution >= 0.6 is 11.3 Å². The van der Waals surface area contributed by atoms with E-state index >= 15 is 0 Å². The molecular formula is C20H20N2O2S. The third-order valence-corrected chi connectivity index (χ3v) is 4.84. The number of aryl methyl sites for hydroxylation is 3. The van der Waals surface area contributed by atoms with Gasteiger partial charge in [-0.05, 0) is 50.6 Å². The number of anilines is 1. The Labute approximate surface area is 151 Å². The zero-order valence-corrected chi connectivity index (χ0v) is 15.3. The highest BCUT2D eigenvalue weighted by atomic mass is 32.1. The molecule has 0 aliphatic heterocycles. The molecule has 0 radical (unpaired) electrons. The van der Waals surface area contributed by atoms with Crippen molar-refractivity contribution < 1.29 is 9.53 Å². The van der Waals surface area contributed by atoms with E-state index in [2.05, 4.69) is 10.3 Å². The number of hydrogen-bond donors (Lipinski definition) is 1. The molecule has 4 nitrogen and oxygen atoms in total. The predicted molar refractivity (Wildman–Crippen MR) is 101 cm³/mol. The van der Waals surface area contributed by atoms with Gasteiger partial charge in [0.1, 0.15) is 22.2 Å². The first-order chi connectivity index (χ1) is 12.0. The molecule has 0 spiro atoms. The van der Waals surface area contributed by atoms with Gasteiger partial charge in [0.25, 0.3) is 5.91 Å². The summed E-state index contributed by atoms with van der Waals surface area (Å²) in [4.78, 5) is 17.5. The fourth-order valence-corrected chi connectivity index (χ4v) is 3.27. The molecule has 0 atom stereocenters. The minimum Gasteiger partial charge on any atom is -0.486 e. The Morgan fingerprint density at radius 1 is 1.08 bits per heavy atom. The second-order valence-electron chi connectivity index (χ2n) is 5.95. The number of hydrogen-bond acceptors (Lipinski definition) is 4. The van der Waals surface area contributed by atoms with Crippen molar-refractivity contribution >= 4 is 22.9 Å². The van der Waals surface area contributed by atoms with Crippen LogP contribution in [-0.4, -0.2) is 10.9 Å². The van der Waals surface area contributed by atoms with E-state index < -0.39 is 0 Å². The number of aromatic nitrogens is 1. The van der Waals surface area contributed by atoms with Crippen LogP contribution in [0, 0.1) is 20.8 Å². The Morgan fingerprint density at radius 3 is 2.56 bits per heavy atom. The molecule has 1 aromatic heterocycles. The lowest BCUT2D eigenvalue weighted by Crippen LogP contribution is -2.11. The molecule has 5 heteroatoms. The molecule has 0 aliphatic carbocycles. The summed E-state index contributed by atoms with van der Waals surface area (Å²) in [5.74, 6) is 0.666. The van der Waals surface area contributed by atoms with Crippen LogP contribution in [0.2, 0.25) is 0 Å². The molecular weight excluding hydrogens is 332 g/mol. The highest BCUT2D eigenvalue weighted by Gasteiger charge is 2.16. The van der Waals surface area contributed by atoms with Gasteiger partial charge in [-0.1, -0.05) is 29.8 Å². The van der Waals surface area contributed by atoms with E-state index in [1.807, 2.05) is 69.3 Å². The van der Waals surface area contributed by atoms with Crippen LogP contribution < -0.4 is 10.1 Å². The smallest absolute Gasteiger partial charge is 0.267 e. The number of nitrogens with one attached hydrogen (secondary N) is 1. The summed E-state index contributed by atoms with van der Waals surface area (Å²) in [5, 5.41) is 3.70. The quantitative estimate of drug-likeness (QED) is 0.710. The van der Waals surface area contributed by atoms with E-state index in [1.165, 1.54) is 11.3 Å². The molecule has 0 saturated heterocycles. The minimum atomic E-state index is -0.138. The van der Waals surface area contributed by atoms with Crippen molar-refractivity contribution in [2.45, 2.75) is 27.4 Å². The van der Waals surface area contributed by atoms with Gasteiger partial charge in [0, 0.05) is 5.69 Å². The third kappa shape index (κ3) is 4.45. The highest BCUT2D eigenvalue weighted by molar-refractivity contribution is 7.13. The summed E-state index contributed by atoms with van der Waals surface area (Å²) in [6, 6.07) is 15.6. The van der Waals surface area contributed by atoms with Gasteiger partial charge < -0.3 is 10.1 Å². The summed E-state index contributed by atoms with van der Waals surface area (Å²) in [6.07, 6.45) is 0. The first-order valence-electron chi connectivity index (χ1n) is 8.05. The Bertz CT molecular complexity index is 885. The molecule has 0 bridgehead atoms. The monoisotopic (exact) mass is 352 g/mol. The lowest BCUT2D eigenvalue weighted by atomic mass is 10.2. The predicted octanol–water partition coefficient (Wildman–Crippen LogP) is 4.90. The van der Waals surface area contributed by atoms with Crippen LogP contribution in [0.4, 0.5) is 5.69 Å². The van der Waals surface area contributed by atoms with Crippen LogP contribution in [0.25, 0.3) is 0 Å². The van der Waals surface area contributed by atoms with Crippen LogP contribution in [0.5, 0.6) is 5.75 Å². The van der Waals surface area contributed by atoms with Crippen molar-refractivity contribution in [1.29, 1.82) is 0 Å². The molecule has 1 N–H and O–H groups in total. The topological polar surface area (TPSA) is 51.2 Å². The summed E-state index contributed by atoms with van der Waals surface area (Å²) < 4.78 is 5.77.